The first-order valence-electron chi connectivity index (χ1n) is 6.24. The molecule has 0 bridgehead atoms. The molecule has 1 aliphatic heterocycles. The van der Waals surface area contributed by atoms with E-state index >= 15 is 0 Å². The van der Waals surface area contributed by atoms with Gasteiger partial charge in [-0.1, -0.05) is 0 Å². The van der Waals surface area contributed by atoms with Crippen molar-refractivity contribution < 1.29 is 4.79 Å². The Morgan fingerprint density at radius 1 is 1.50 bits per heavy atom. The smallest absolute Gasteiger partial charge is 0.236 e. The predicted octanol–water partition coefficient (Wildman–Crippen LogP) is 0.609. The zero-order valence-electron chi connectivity index (χ0n) is 10.6. The highest BCUT2D eigenvalue weighted by molar-refractivity contribution is 5.78. The molecule has 5 heteroatoms. The van der Waals surface area contributed by atoms with Gasteiger partial charge < -0.3 is 14.8 Å². The average molecular weight is 246 g/mol. The summed E-state index contributed by atoms with van der Waals surface area (Å²) in [7, 11) is 1.84. The van der Waals surface area contributed by atoms with Crippen molar-refractivity contribution in [3.8, 4) is 6.07 Å². The predicted molar refractivity (Wildman–Crippen MR) is 67.6 cm³/mol. The fraction of sp³-hybridized carbons (Fsp3) is 0.538. The summed E-state index contributed by atoms with van der Waals surface area (Å²) in [5.41, 5.74) is 1.67. The highest BCUT2D eigenvalue weighted by Gasteiger charge is 2.16. The maximum absolute atomic E-state index is 11.8. The Labute approximate surface area is 107 Å². The molecule has 1 N–H and O–H groups in total. The molecule has 0 saturated carbocycles. The maximum atomic E-state index is 11.8. The summed E-state index contributed by atoms with van der Waals surface area (Å²) >= 11 is 0. The molecule has 0 atom stereocenters. The van der Waals surface area contributed by atoms with Crippen LogP contribution in [0.1, 0.15) is 24.1 Å². The van der Waals surface area contributed by atoms with E-state index in [0.717, 1.165) is 31.5 Å². The number of nitriles is 1. The third-order valence-electron chi connectivity index (χ3n) is 3.24. The summed E-state index contributed by atoms with van der Waals surface area (Å²) in [6.07, 6.45) is 4.15. The standard InChI is InChI=1S/C13H18N4O/c1-16-10-11(6-12(16)7-14)8-15-9-13(18)17-4-2-3-5-17/h6,10,15H,2-5,8-9H2,1H3. The Hall–Kier alpha value is -1.80. The second kappa shape index (κ2) is 5.69. The van der Waals surface area contributed by atoms with Crippen molar-refractivity contribution in [1.82, 2.24) is 14.8 Å². The van der Waals surface area contributed by atoms with Gasteiger partial charge in [-0.3, -0.25) is 4.79 Å². The van der Waals surface area contributed by atoms with Gasteiger partial charge >= 0.3 is 0 Å². The average Bonchev–Trinajstić information content (AvgIpc) is 2.98. The van der Waals surface area contributed by atoms with Crippen LogP contribution < -0.4 is 5.32 Å². The fourth-order valence-corrected chi connectivity index (χ4v) is 2.23. The Morgan fingerprint density at radius 2 is 2.22 bits per heavy atom. The molecule has 2 heterocycles. The SMILES string of the molecule is Cn1cc(CNCC(=O)N2CCCC2)cc1C#N. The van der Waals surface area contributed by atoms with Gasteiger partial charge in [-0.2, -0.15) is 5.26 Å². The largest absolute Gasteiger partial charge is 0.342 e. The molecule has 1 aromatic rings. The van der Waals surface area contributed by atoms with Crippen LogP contribution >= 0.6 is 0 Å². The molecule has 18 heavy (non-hydrogen) atoms. The third-order valence-corrected chi connectivity index (χ3v) is 3.24. The van der Waals surface area contributed by atoms with Crippen LogP contribution in [-0.2, 0) is 18.4 Å². The van der Waals surface area contributed by atoms with E-state index in [9.17, 15) is 4.79 Å². The lowest BCUT2D eigenvalue weighted by molar-refractivity contribution is -0.129. The lowest BCUT2D eigenvalue weighted by atomic mass is 10.3. The normalized spacial score (nSPS) is 14.8. The van der Waals surface area contributed by atoms with Crippen LogP contribution in [0.3, 0.4) is 0 Å². The summed E-state index contributed by atoms with van der Waals surface area (Å²) < 4.78 is 1.79. The van der Waals surface area contributed by atoms with Gasteiger partial charge in [0.05, 0.1) is 6.54 Å². The van der Waals surface area contributed by atoms with Crippen molar-refractivity contribution in [2.24, 2.45) is 7.05 Å². The first-order valence-corrected chi connectivity index (χ1v) is 6.24. The van der Waals surface area contributed by atoms with Crippen molar-refractivity contribution in [2.45, 2.75) is 19.4 Å². The molecule has 0 radical (unpaired) electrons. The Kier molecular flexibility index (Phi) is 4.00. The number of hydrogen-bond acceptors (Lipinski definition) is 3. The van der Waals surface area contributed by atoms with Gasteiger partial charge in [0.25, 0.3) is 0 Å². The molecule has 0 unspecified atom stereocenters. The van der Waals surface area contributed by atoms with Crippen LogP contribution in [0.25, 0.3) is 0 Å². The van der Waals surface area contributed by atoms with Gasteiger partial charge in [-0.25, -0.2) is 0 Å². The van der Waals surface area contributed by atoms with E-state index in [2.05, 4.69) is 11.4 Å². The zero-order valence-corrected chi connectivity index (χ0v) is 10.6. The number of carbonyl (C=O) groups excluding carboxylic acids is 1. The minimum atomic E-state index is 0.170. The van der Waals surface area contributed by atoms with Crippen molar-refractivity contribution in [3.05, 3.63) is 23.5 Å². The van der Waals surface area contributed by atoms with E-state index < -0.39 is 0 Å². The lowest BCUT2D eigenvalue weighted by Crippen LogP contribution is -2.35. The quantitative estimate of drug-likeness (QED) is 0.846. The van der Waals surface area contributed by atoms with Gasteiger partial charge in [0.15, 0.2) is 0 Å². The molecule has 0 aromatic carbocycles. The molecule has 1 amide bonds. The van der Waals surface area contributed by atoms with Crippen LogP contribution in [-0.4, -0.2) is 35.0 Å². The van der Waals surface area contributed by atoms with Gasteiger partial charge in [0, 0.05) is 32.9 Å². The van der Waals surface area contributed by atoms with Crippen molar-refractivity contribution >= 4 is 5.91 Å². The molecular formula is C13H18N4O. The Balaban J connectivity index is 1.77. The molecule has 0 aliphatic carbocycles. The summed E-state index contributed by atoms with van der Waals surface area (Å²) in [4.78, 5) is 13.7. The van der Waals surface area contributed by atoms with Gasteiger partial charge in [0.1, 0.15) is 11.8 Å². The lowest BCUT2D eigenvalue weighted by Gasteiger charge is -2.15. The molecule has 1 aliphatic rings. The van der Waals surface area contributed by atoms with Crippen molar-refractivity contribution in [3.63, 3.8) is 0 Å². The number of nitrogens with zero attached hydrogens (tertiary/aromatic N) is 3. The minimum Gasteiger partial charge on any atom is -0.342 e. The fourth-order valence-electron chi connectivity index (χ4n) is 2.23. The zero-order chi connectivity index (χ0) is 13.0. The Bertz CT molecular complexity index is 466. The first kappa shape index (κ1) is 12.7. The van der Waals surface area contributed by atoms with E-state index in [0.29, 0.717) is 18.8 Å². The van der Waals surface area contributed by atoms with Crippen molar-refractivity contribution in [1.29, 1.82) is 5.26 Å². The molecule has 1 saturated heterocycles. The van der Waals surface area contributed by atoms with Crippen LogP contribution in [0.15, 0.2) is 12.3 Å². The number of aromatic nitrogens is 1. The van der Waals surface area contributed by atoms with Gasteiger partial charge in [0.2, 0.25) is 5.91 Å². The molecule has 96 valence electrons. The first-order chi connectivity index (χ1) is 8.70. The second-order valence-electron chi connectivity index (χ2n) is 4.65. The number of likely N-dealkylation sites (tertiary alicyclic amines) is 1. The van der Waals surface area contributed by atoms with Gasteiger partial charge in [-0.05, 0) is 24.5 Å². The minimum absolute atomic E-state index is 0.170. The van der Waals surface area contributed by atoms with E-state index in [1.807, 2.05) is 24.2 Å². The second-order valence-corrected chi connectivity index (χ2v) is 4.65. The number of nitrogens with one attached hydrogen (secondary N) is 1. The highest BCUT2D eigenvalue weighted by Crippen LogP contribution is 2.08. The summed E-state index contributed by atoms with van der Waals surface area (Å²) in [5, 5.41) is 12.0. The number of aryl methyl sites for hydroxylation is 1. The summed E-state index contributed by atoms with van der Waals surface area (Å²) in [6.45, 7) is 2.78. The number of amides is 1. The van der Waals surface area contributed by atoms with E-state index in [4.69, 9.17) is 5.26 Å². The molecule has 2 rings (SSSR count). The maximum Gasteiger partial charge on any atom is 0.236 e. The van der Waals surface area contributed by atoms with E-state index in [-0.39, 0.29) is 5.91 Å². The third kappa shape index (κ3) is 2.90. The molecule has 5 nitrogen and oxygen atoms in total. The van der Waals surface area contributed by atoms with Crippen LogP contribution in [0.4, 0.5) is 0 Å². The van der Waals surface area contributed by atoms with Gasteiger partial charge in [-0.15, -0.1) is 0 Å². The Morgan fingerprint density at radius 3 is 2.83 bits per heavy atom. The topological polar surface area (TPSA) is 61.1 Å². The van der Waals surface area contributed by atoms with Crippen LogP contribution in [0.2, 0.25) is 0 Å². The number of carbonyl (C=O) groups is 1. The van der Waals surface area contributed by atoms with E-state index in [1.165, 1.54) is 0 Å². The van der Waals surface area contributed by atoms with Crippen LogP contribution in [0.5, 0.6) is 0 Å². The number of rotatable bonds is 4. The molecule has 1 fully saturated rings. The summed E-state index contributed by atoms with van der Waals surface area (Å²) in [5.74, 6) is 0.170. The van der Waals surface area contributed by atoms with Crippen molar-refractivity contribution in [2.75, 3.05) is 19.6 Å². The molecule has 1 aromatic heterocycles. The molecule has 0 spiro atoms. The summed E-state index contributed by atoms with van der Waals surface area (Å²) in [6, 6.07) is 3.96. The highest BCUT2D eigenvalue weighted by atomic mass is 16.2. The molecular weight excluding hydrogens is 228 g/mol. The monoisotopic (exact) mass is 246 g/mol. The van der Waals surface area contributed by atoms with Crippen LogP contribution in [0, 0.1) is 11.3 Å². The van der Waals surface area contributed by atoms with E-state index in [1.54, 1.807) is 4.57 Å². The number of hydrogen-bond donors (Lipinski definition) is 1.